The van der Waals surface area contributed by atoms with Crippen LogP contribution in [0.1, 0.15) is 21.6 Å². The normalized spacial score (nSPS) is 13.0. The zero-order valence-corrected chi connectivity index (χ0v) is 21.3. The van der Waals surface area contributed by atoms with Gasteiger partial charge in [0.15, 0.2) is 17.8 Å². The summed E-state index contributed by atoms with van der Waals surface area (Å²) in [6.45, 7) is 0.185. The van der Waals surface area contributed by atoms with Crippen molar-refractivity contribution >= 4 is 11.6 Å². The Hall–Kier alpha value is -4.19. The summed E-state index contributed by atoms with van der Waals surface area (Å²) in [7, 11) is 0. The molecule has 0 bridgehead atoms. The molecule has 210 valence electrons. The molecule has 4 rings (SSSR count). The Bertz CT molecular complexity index is 1360. The number of rotatable bonds is 12. The number of carbonyl (C=O) groups is 1. The highest BCUT2D eigenvalue weighted by molar-refractivity contribution is 6.06. The molecule has 2 atom stereocenters. The van der Waals surface area contributed by atoms with E-state index in [0.717, 1.165) is 24.1 Å². The quantitative estimate of drug-likeness (QED) is 0.203. The molecule has 0 saturated heterocycles. The third kappa shape index (κ3) is 7.92. The molecule has 0 unspecified atom stereocenters. The van der Waals surface area contributed by atoms with Crippen LogP contribution in [-0.4, -0.2) is 53.0 Å². The maximum Gasteiger partial charge on any atom is 0.416 e. The summed E-state index contributed by atoms with van der Waals surface area (Å²) in [6, 6.07) is 20.0. The molecule has 4 aromatic rings. The molecular weight excluding hydrogens is 527 g/mol. The molecule has 4 N–H and O–H groups in total. The van der Waals surface area contributed by atoms with Gasteiger partial charge in [0.1, 0.15) is 18.5 Å². The number of alkyl halides is 3. The molecule has 1 aromatic heterocycles. The minimum absolute atomic E-state index is 0.0519. The Kier molecular flexibility index (Phi) is 9.54. The fraction of sp³-hybridized carbons (Fsp3) is 0.241. The first-order valence-electron chi connectivity index (χ1n) is 12.4. The lowest BCUT2D eigenvalue weighted by molar-refractivity contribution is -0.137. The summed E-state index contributed by atoms with van der Waals surface area (Å²) in [5.74, 6) is 0.126. The van der Waals surface area contributed by atoms with Crippen molar-refractivity contribution in [3.8, 4) is 17.1 Å². The lowest BCUT2D eigenvalue weighted by Crippen LogP contribution is -2.41. The van der Waals surface area contributed by atoms with E-state index in [1.54, 1.807) is 36.4 Å². The number of amides is 1. The zero-order valence-electron chi connectivity index (χ0n) is 21.3. The van der Waals surface area contributed by atoms with Crippen molar-refractivity contribution < 1.29 is 37.3 Å². The van der Waals surface area contributed by atoms with Crippen LogP contribution in [0.25, 0.3) is 11.3 Å². The van der Waals surface area contributed by atoms with Crippen molar-refractivity contribution in [3.05, 3.63) is 102 Å². The lowest BCUT2D eigenvalue weighted by Gasteiger charge is -2.19. The molecule has 0 aliphatic carbocycles. The van der Waals surface area contributed by atoms with E-state index < -0.39 is 23.8 Å². The van der Waals surface area contributed by atoms with Crippen LogP contribution in [0.5, 0.6) is 5.75 Å². The summed E-state index contributed by atoms with van der Waals surface area (Å²) in [4.78, 5) is 16.7. The SMILES string of the molecule is O=C(Nc1ccc(C[C@@H](CO)NC[C@H](O)COc2ccccc2)cc1)c1ncoc1-c1ccc(C(F)(F)F)cc1. The first-order chi connectivity index (χ1) is 19.2. The van der Waals surface area contributed by atoms with Gasteiger partial charge >= 0.3 is 6.18 Å². The van der Waals surface area contributed by atoms with Crippen LogP contribution in [0.3, 0.4) is 0 Å². The van der Waals surface area contributed by atoms with Crippen LogP contribution in [-0.2, 0) is 12.6 Å². The number of aromatic nitrogens is 1. The summed E-state index contributed by atoms with van der Waals surface area (Å²) < 4.78 is 49.4. The molecule has 1 heterocycles. The van der Waals surface area contributed by atoms with E-state index >= 15 is 0 Å². The number of hydrogen-bond acceptors (Lipinski definition) is 7. The van der Waals surface area contributed by atoms with E-state index in [4.69, 9.17) is 9.15 Å². The topological polar surface area (TPSA) is 117 Å². The van der Waals surface area contributed by atoms with Crippen LogP contribution in [0.4, 0.5) is 18.9 Å². The van der Waals surface area contributed by atoms with Crippen LogP contribution in [0.15, 0.2) is 89.7 Å². The molecule has 0 fully saturated rings. The number of nitrogens with zero attached hydrogens (tertiary/aromatic N) is 1. The van der Waals surface area contributed by atoms with E-state index in [0.29, 0.717) is 17.9 Å². The first kappa shape index (κ1) is 28.8. The minimum Gasteiger partial charge on any atom is -0.491 e. The van der Waals surface area contributed by atoms with E-state index in [9.17, 15) is 28.2 Å². The van der Waals surface area contributed by atoms with Crippen molar-refractivity contribution in [2.75, 3.05) is 25.1 Å². The van der Waals surface area contributed by atoms with Gasteiger partial charge < -0.3 is 30.0 Å². The van der Waals surface area contributed by atoms with E-state index in [1.165, 1.54) is 12.1 Å². The number of aliphatic hydroxyl groups excluding tert-OH is 2. The van der Waals surface area contributed by atoms with Gasteiger partial charge in [-0.15, -0.1) is 0 Å². The number of oxazole rings is 1. The average Bonchev–Trinajstić information content (AvgIpc) is 3.45. The standard InChI is InChI=1S/C29H28F3N3O5/c30-29(31,32)21-10-8-20(9-11-21)27-26(34-18-40-27)28(38)35-22-12-6-19(7-13-22)14-23(16-36)33-15-24(37)17-39-25-4-2-1-3-5-25/h1-13,18,23-24,33,36-37H,14-17H2,(H,35,38)/t23-,24-/m0/s1. The summed E-state index contributed by atoms with van der Waals surface area (Å²) in [5.41, 5.74) is 0.755. The van der Waals surface area contributed by atoms with Crippen LogP contribution in [0.2, 0.25) is 0 Å². The van der Waals surface area contributed by atoms with Gasteiger partial charge in [-0.05, 0) is 48.4 Å². The van der Waals surface area contributed by atoms with Crippen molar-refractivity contribution in [2.45, 2.75) is 24.7 Å². The Labute approximate surface area is 228 Å². The molecule has 8 nitrogen and oxygen atoms in total. The second-order valence-corrected chi connectivity index (χ2v) is 9.03. The highest BCUT2D eigenvalue weighted by atomic mass is 19.4. The highest BCUT2D eigenvalue weighted by Gasteiger charge is 2.30. The van der Waals surface area contributed by atoms with Crippen LogP contribution >= 0.6 is 0 Å². The Morgan fingerprint density at radius 1 is 1.00 bits per heavy atom. The van der Waals surface area contributed by atoms with Gasteiger partial charge in [-0.2, -0.15) is 13.2 Å². The van der Waals surface area contributed by atoms with Gasteiger partial charge in [0.25, 0.3) is 5.91 Å². The molecule has 0 aliphatic heterocycles. The van der Waals surface area contributed by atoms with Gasteiger partial charge in [-0.1, -0.05) is 42.5 Å². The third-order valence-electron chi connectivity index (χ3n) is 6.00. The van der Waals surface area contributed by atoms with Crippen molar-refractivity contribution in [1.29, 1.82) is 0 Å². The molecule has 0 radical (unpaired) electrons. The lowest BCUT2D eigenvalue weighted by atomic mass is 10.1. The number of carbonyl (C=O) groups excluding carboxylic acids is 1. The van der Waals surface area contributed by atoms with E-state index in [1.807, 2.05) is 18.2 Å². The number of halogens is 3. The number of benzene rings is 3. The number of aliphatic hydroxyl groups is 2. The molecule has 1 amide bonds. The fourth-order valence-corrected chi connectivity index (χ4v) is 3.89. The second kappa shape index (κ2) is 13.2. The van der Waals surface area contributed by atoms with Gasteiger partial charge in [-0.25, -0.2) is 4.98 Å². The number of ether oxygens (including phenoxy) is 1. The van der Waals surface area contributed by atoms with Gasteiger partial charge in [-0.3, -0.25) is 4.79 Å². The molecule has 0 saturated carbocycles. The van der Waals surface area contributed by atoms with Crippen molar-refractivity contribution in [1.82, 2.24) is 10.3 Å². The Morgan fingerprint density at radius 2 is 1.70 bits per heavy atom. The predicted molar refractivity (Wildman–Crippen MR) is 142 cm³/mol. The molecule has 0 spiro atoms. The Morgan fingerprint density at radius 3 is 2.35 bits per heavy atom. The Balaban J connectivity index is 1.29. The summed E-state index contributed by atoms with van der Waals surface area (Å²) in [5, 5.41) is 25.8. The number of anilines is 1. The monoisotopic (exact) mass is 555 g/mol. The number of nitrogens with one attached hydrogen (secondary N) is 2. The van der Waals surface area contributed by atoms with Gasteiger partial charge in [0.05, 0.1) is 12.2 Å². The zero-order chi connectivity index (χ0) is 28.5. The third-order valence-corrected chi connectivity index (χ3v) is 6.00. The molecule has 0 aliphatic rings. The van der Waals surface area contributed by atoms with Crippen LogP contribution < -0.4 is 15.4 Å². The second-order valence-electron chi connectivity index (χ2n) is 9.03. The summed E-state index contributed by atoms with van der Waals surface area (Å²) in [6.07, 6.45) is -3.72. The first-order valence-corrected chi connectivity index (χ1v) is 12.4. The summed E-state index contributed by atoms with van der Waals surface area (Å²) >= 11 is 0. The molecule has 11 heteroatoms. The number of hydrogen-bond donors (Lipinski definition) is 4. The maximum absolute atomic E-state index is 12.9. The smallest absolute Gasteiger partial charge is 0.416 e. The average molecular weight is 556 g/mol. The predicted octanol–water partition coefficient (Wildman–Crippen LogP) is 4.55. The van der Waals surface area contributed by atoms with Crippen LogP contribution in [0, 0.1) is 0 Å². The molecular formula is C29H28F3N3O5. The maximum atomic E-state index is 12.9. The van der Waals surface area contributed by atoms with Crippen molar-refractivity contribution in [3.63, 3.8) is 0 Å². The molecule has 40 heavy (non-hydrogen) atoms. The molecule has 3 aromatic carbocycles. The van der Waals surface area contributed by atoms with E-state index in [2.05, 4.69) is 15.6 Å². The van der Waals surface area contributed by atoms with Crippen molar-refractivity contribution in [2.24, 2.45) is 0 Å². The largest absolute Gasteiger partial charge is 0.491 e. The number of para-hydroxylation sites is 1. The fourth-order valence-electron chi connectivity index (χ4n) is 3.89. The highest BCUT2D eigenvalue weighted by Crippen LogP contribution is 2.32. The van der Waals surface area contributed by atoms with E-state index in [-0.39, 0.29) is 42.8 Å². The minimum atomic E-state index is -4.47. The van der Waals surface area contributed by atoms with Gasteiger partial charge in [0, 0.05) is 23.8 Å². The van der Waals surface area contributed by atoms with Gasteiger partial charge in [0.2, 0.25) is 0 Å².